The molecule has 0 N–H and O–H groups in total. The highest BCUT2D eigenvalue weighted by Gasteiger charge is 2.16. The molecule has 0 aliphatic carbocycles. The monoisotopic (exact) mass is 468 g/mol. The molecule has 0 spiro atoms. The zero-order chi connectivity index (χ0) is 20.3. The van der Waals surface area contributed by atoms with Crippen LogP contribution in [0, 0.1) is 0 Å². The van der Waals surface area contributed by atoms with E-state index in [1.807, 2.05) is 6.07 Å². The average Bonchev–Trinajstić information content (AvgIpc) is 2.78. The average molecular weight is 469 g/mol. The van der Waals surface area contributed by atoms with Crippen LogP contribution >= 0.6 is 24.8 Å². The van der Waals surface area contributed by atoms with Crippen LogP contribution in [0.5, 0.6) is 11.5 Å². The number of ether oxygens (including phenoxy) is 2. The van der Waals surface area contributed by atoms with E-state index in [9.17, 15) is 0 Å². The number of aryl methyl sites for hydroxylation is 1. The maximum absolute atomic E-state index is 5.42. The van der Waals surface area contributed by atoms with Gasteiger partial charge in [-0.2, -0.15) is 0 Å². The van der Waals surface area contributed by atoms with Crippen LogP contribution in [-0.4, -0.2) is 63.3 Å². The van der Waals surface area contributed by atoms with Crippen molar-refractivity contribution in [1.82, 2.24) is 9.80 Å². The van der Waals surface area contributed by atoms with E-state index in [4.69, 9.17) is 9.47 Å². The fourth-order valence-electron chi connectivity index (χ4n) is 4.05. The zero-order valence-electron chi connectivity index (χ0n) is 18.9. The van der Waals surface area contributed by atoms with Crippen molar-refractivity contribution in [2.75, 3.05) is 53.5 Å². The predicted octanol–water partition coefficient (Wildman–Crippen LogP) is 5.12. The summed E-state index contributed by atoms with van der Waals surface area (Å²) >= 11 is 0. The maximum atomic E-state index is 5.42. The lowest BCUT2D eigenvalue weighted by Gasteiger charge is -2.34. The molecular formula is C25H38Cl2N2O2. The van der Waals surface area contributed by atoms with Crippen LogP contribution in [0.15, 0.2) is 48.5 Å². The number of rotatable bonds is 11. The molecule has 6 heteroatoms. The highest BCUT2D eigenvalue weighted by atomic mass is 35.5. The van der Waals surface area contributed by atoms with E-state index in [1.165, 1.54) is 69.5 Å². The third kappa shape index (κ3) is 9.28. The normalized spacial score (nSPS) is 14.4. The van der Waals surface area contributed by atoms with Crippen molar-refractivity contribution in [2.45, 2.75) is 32.1 Å². The van der Waals surface area contributed by atoms with Crippen molar-refractivity contribution >= 4 is 24.8 Å². The molecule has 0 saturated carbocycles. The Hall–Kier alpha value is -1.46. The van der Waals surface area contributed by atoms with Gasteiger partial charge >= 0.3 is 0 Å². The van der Waals surface area contributed by atoms with Gasteiger partial charge in [0.2, 0.25) is 0 Å². The molecule has 0 bridgehead atoms. The summed E-state index contributed by atoms with van der Waals surface area (Å²) in [5, 5.41) is 0. The van der Waals surface area contributed by atoms with Crippen molar-refractivity contribution < 1.29 is 9.47 Å². The maximum Gasteiger partial charge on any atom is 0.160 e. The molecule has 1 aliphatic rings. The molecule has 2 aromatic carbocycles. The molecule has 2 aromatic rings. The van der Waals surface area contributed by atoms with E-state index < -0.39 is 0 Å². The van der Waals surface area contributed by atoms with Crippen LogP contribution in [-0.2, 0) is 12.8 Å². The third-order valence-electron chi connectivity index (χ3n) is 5.91. The Morgan fingerprint density at radius 1 is 0.645 bits per heavy atom. The summed E-state index contributed by atoms with van der Waals surface area (Å²) in [7, 11) is 3.38. The van der Waals surface area contributed by atoms with Crippen LogP contribution in [0.3, 0.4) is 0 Å². The highest BCUT2D eigenvalue weighted by Crippen LogP contribution is 2.27. The van der Waals surface area contributed by atoms with Crippen molar-refractivity contribution in [3.8, 4) is 11.5 Å². The molecular weight excluding hydrogens is 431 g/mol. The minimum Gasteiger partial charge on any atom is -0.493 e. The van der Waals surface area contributed by atoms with E-state index in [2.05, 4.69) is 52.3 Å². The molecule has 31 heavy (non-hydrogen) atoms. The van der Waals surface area contributed by atoms with E-state index >= 15 is 0 Å². The summed E-state index contributed by atoms with van der Waals surface area (Å²) < 4.78 is 10.7. The van der Waals surface area contributed by atoms with Gasteiger partial charge < -0.3 is 19.3 Å². The molecule has 0 aromatic heterocycles. The molecule has 174 valence electrons. The summed E-state index contributed by atoms with van der Waals surface area (Å²) in [6, 6.07) is 17.1. The van der Waals surface area contributed by atoms with E-state index in [0.29, 0.717) is 0 Å². The van der Waals surface area contributed by atoms with Gasteiger partial charge in [-0.25, -0.2) is 0 Å². The molecule has 1 fully saturated rings. The first-order valence-electron chi connectivity index (χ1n) is 11.0. The van der Waals surface area contributed by atoms with Crippen LogP contribution < -0.4 is 9.47 Å². The largest absolute Gasteiger partial charge is 0.493 e. The minimum atomic E-state index is 0. The number of hydrogen-bond acceptors (Lipinski definition) is 4. The standard InChI is InChI=1S/C25H36N2O2.2ClH/c1-28-24-13-12-23(21-25(24)29-2)14-16-27-19-17-26(18-20-27)15-8-4-7-11-22-9-5-3-6-10-22;;/h3,5-6,9-10,12-13,21H,4,7-8,11,14-20H2,1-2H3;2*1H. The zero-order valence-corrected chi connectivity index (χ0v) is 20.6. The summed E-state index contributed by atoms with van der Waals surface area (Å²) in [5.41, 5.74) is 2.78. The molecule has 1 aliphatic heterocycles. The van der Waals surface area contributed by atoms with Crippen LogP contribution in [0.2, 0.25) is 0 Å². The van der Waals surface area contributed by atoms with E-state index in [1.54, 1.807) is 14.2 Å². The molecule has 0 amide bonds. The lowest BCUT2D eigenvalue weighted by atomic mass is 10.1. The topological polar surface area (TPSA) is 24.9 Å². The van der Waals surface area contributed by atoms with Gasteiger partial charge in [0.05, 0.1) is 14.2 Å². The molecule has 0 unspecified atom stereocenters. The van der Waals surface area contributed by atoms with E-state index in [-0.39, 0.29) is 24.8 Å². The van der Waals surface area contributed by atoms with Gasteiger partial charge in [0.1, 0.15) is 0 Å². The van der Waals surface area contributed by atoms with Crippen molar-refractivity contribution in [1.29, 1.82) is 0 Å². The van der Waals surface area contributed by atoms with Gasteiger partial charge in [0.25, 0.3) is 0 Å². The Bertz CT molecular complexity index is 723. The third-order valence-corrected chi connectivity index (χ3v) is 5.91. The minimum absolute atomic E-state index is 0. The molecule has 1 heterocycles. The van der Waals surface area contributed by atoms with Crippen molar-refractivity contribution in [3.63, 3.8) is 0 Å². The number of hydrogen-bond donors (Lipinski definition) is 0. The summed E-state index contributed by atoms with van der Waals surface area (Å²) in [6.45, 7) is 7.11. The highest BCUT2D eigenvalue weighted by molar-refractivity contribution is 5.85. The Kier molecular flexibility index (Phi) is 13.7. The first-order chi connectivity index (χ1) is 14.3. The molecule has 0 atom stereocenters. The number of piperazine rings is 1. The molecule has 3 rings (SSSR count). The predicted molar refractivity (Wildman–Crippen MR) is 135 cm³/mol. The molecule has 1 saturated heterocycles. The fraction of sp³-hybridized carbons (Fsp3) is 0.520. The first kappa shape index (κ1) is 27.6. The van der Waals surface area contributed by atoms with Gasteiger partial charge in [-0.15, -0.1) is 24.8 Å². The number of unbranched alkanes of at least 4 members (excludes halogenated alkanes) is 2. The van der Waals surface area contributed by atoms with Crippen molar-refractivity contribution in [3.05, 3.63) is 59.7 Å². The van der Waals surface area contributed by atoms with Gasteiger partial charge in [0, 0.05) is 32.7 Å². The van der Waals surface area contributed by atoms with E-state index in [0.717, 1.165) is 24.5 Å². The summed E-state index contributed by atoms with van der Waals surface area (Å²) in [6.07, 6.45) is 6.22. The SMILES string of the molecule is COc1ccc(CCN2CCN(CCCCCc3ccccc3)CC2)cc1OC.Cl.Cl. The van der Waals surface area contributed by atoms with Gasteiger partial charge in [-0.05, 0) is 55.5 Å². The van der Waals surface area contributed by atoms with Crippen molar-refractivity contribution in [2.24, 2.45) is 0 Å². The Labute approximate surface area is 200 Å². The molecule has 4 nitrogen and oxygen atoms in total. The second-order valence-corrected chi connectivity index (χ2v) is 7.92. The Morgan fingerprint density at radius 3 is 1.94 bits per heavy atom. The van der Waals surface area contributed by atoms with Crippen LogP contribution in [0.4, 0.5) is 0 Å². The fourth-order valence-corrected chi connectivity index (χ4v) is 4.05. The number of benzene rings is 2. The smallest absolute Gasteiger partial charge is 0.160 e. The Balaban J connectivity index is 0.00000240. The van der Waals surface area contributed by atoms with Crippen LogP contribution in [0.25, 0.3) is 0 Å². The number of methoxy groups -OCH3 is 2. The summed E-state index contributed by atoms with van der Waals surface area (Å²) in [5.74, 6) is 1.62. The lowest BCUT2D eigenvalue weighted by Crippen LogP contribution is -2.47. The quantitative estimate of drug-likeness (QED) is 0.427. The second kappa shape index (κ2) is 15.4. The second-order valence-electron chi connectivity index (χ2n) is 7.92. The molecule has 0 radical (unpaired) electrons. The van der Waals surface area contributed by atoms with Gasteiger partial charge in [0.15, 0.2) is 11.5 Å². The van der Waals surface area contributed by atoms with Gasteiger partial charge in [-0.3, -0.25) is 0 Å². The van der Waals surface area contributed by atoms with Gasteiger partial charge in [-0.1, -0.05) is 42.8 Å². The summed E-state index contributed by atoms with van der Waals surface area (Å²) in [4.78, 5) is 5.22. The number of halogens is 2. The van der Waals surface area contributed by atoms with Crippen LogP contribution in [0.1, 0.15) is 30.4 Å². The Morgan fingerprint density at radius 2 is 1.29 bits per heavy atom. The first-order valence-corrected chi connectivity index (χ1v) is 11.0. The lowest BCUT2D eigenvalue weighted by molar-refractivity contribution is 0.132. The number of nitrogens with zero attached hydrogens (tertiary/aromatic N) is 2.